The van der Waals surface area contributed by atoms with Crippen LogP contribution in [-0.2, 0) is 0 Å². The topological polar surface area (TPSA) is 38.3 Å². The number of benzene rings is 2. The van der Waals surface area contributed by atoms with Crippen LogP contribution in [0, 0.1) is 0 Å². The van der Waals surface area contributed by atoms with E-state index in [4.69, 9.17) is 4.74 Å². The molecule has 0 aliphatic rings. The summed E-state index contributed by atoms with van der Waals surface area (Å²) >= 11 is 0. The number of rotatable bonds is 7. The van der Waals surface area contributed by atoms with Crippen molar-refractivity contribution in [3.05, 3.63) is 60.2 Å². The van der Waals surface area contributed by atoms with Gasteiger partial charge in [-0.25, -0.2) is 0 Å². The molecule has 0 unspecified atom stereocenters. The fraction of sp³-hybridized carbons (Fsp3) is 0.235. The quantitative estimate of drug-likeness (QED) is 0.778. The first-order valence-electron chi connectivity index (χ1n) is 6.85. The monoisotopic (exact) mass is 269 g/mol. The number of carbonyl (C=O) groups is 1. The predicted molar refractivity (Wildman–Crippen MR) is 81.5 cm³/mol. The number of para-hydroxylation sites is 2. The molecule has 2 rings (SSSR count). The van der Waals surface area contributed by atoms with Gasteiger partial charge in [0.25, 0.3) is 0 Å². The van der Waals surface area contributed by atoms with E-state index in [9.17, 15) is 4.79 Å². The predicted octanol–water partition coefficient (Wildman–Crippen LogP) is 3.77. The molecule has 0 saturated carbocycles. The molecular formula is C17H19NO2. The van der Waals surface area contributed by atoms with Crippen molar-refractivity contribution in [1.29, 1.82) is 0 Å². The van der Waals surface area contributed by atoms with Gasteiger partial charge in [-0.2, -0.15) is 0 Å². The molecule has 2 aromatic rings. The van der Waals surface area contributed by atoms with Crippen molar-refractivity contribution in [2.24, 2.45) is 0 Å². The minimum Gasteiger partial charge on any atom is -0.493 e. The van der Waals surface area contributed by atoms with E-state index in [2.05, 4.69) is 5.32 Å². The van der Waals surface area contributed by atoms with E-state index in [-0.39, 0.29) is 12.3 Å². The number of ketones is 1. The van der Waals surface area contributed by atoms with E-state index in [1.165, 1.54) is 0 Å². The van der Waals surface area contributed by atoms with Crippen molar-refractivity contribution in [2.75, 3.05) is 18.5 Å². The summed E-state index contributed by atoms with van der Waals surface area (Å²) in [7, 11) is 0. The van der Waals surface area contributed by atoms with Crippen LogP contribution in [0.2, 0.25) is 0 Å². The largest absolute Gasteiger partial charge is 0.493 e. The van der Waals surface area contributed by atoms with E-state index < -0.39 is 0 Å². The molecule has 0 atom stereocenters. The minimum absolute atomic E-state index is 0.0283. The molecule has 0 aliphatic heterocycles. The van der Waals surface area contributed by atoms with E-state index >= 15 is 0 Å². The number of hydrogen-bond acceptors (Lipinski definition) is 3. The van der Waals surface area contributed by atoms with E-state index in [0.29, 0.717) is 17.9 Å². The van der Waals surface area contributed by atoms with Gasteiger partial charge in [-0.05, 0) is 30.7 Å². The summed E-state index contributed by atoms with van der Waals surface area (Å²) in [6.07, 6.45) is 0.921. The lowest BCUT2D eigenvalue weighted by molar-refractivity contribution is 0.100. The van der Waals surface area contributed by atoms with Crippen LogP contribution >= 0.6 is 0 Å². The van der Waals surface area contributed by atoms with Crippen molar-refractivity contribution in [1.82, 2.24) is 0 Å². The Morgan fingerprint density at radius 2 is 1.75 bits per heavy atom. The molecule has 1 N–H and O–H groups in total. The van der Waals surface area contributed by atoms with Crippen LogP contribution < -0.4 is 10.1 Å². The number of Topliss-reactive ketones (excluding diaryl/α,β-unsaturated/α-hetero) is 1. The van der Waals surface area contributed by atoms with Gasteiger partial charge in [0.2, 0.25) is 0 Å². The summed E-state index contributed by atoms with van der Waals surface area (Å²) in [5.74, 6) is 0.690. The Hall–Kier alpha value is -2.29. The fourth-order valence-electron chi connectivity index (χ4n) is 1.87. The molecule has 0 aliphatic carbocycles. The van der Waals surface area contributed by atoms with Crippen molar-refractivity contribution in [3.63, 3.8) is 0 Å². The first-order chi connectivity index (χ1) is 9.81. The second kappa shape index (κ2) is 7.34. The van der Waals surface area contributed by atoms with Gasteiger partial charge >= 0.3 is 0 Å². The lowest BCUT2D eigenvalue weighted by Gasteiger charge is -2.11. The highest BCUT2D eigenvalue weighted by atomic mass is 16.5. The summed E-state index contributed by atoms with van der Waals surface area (Å²) in [5.41, 5.74) is 1.57. The van der Waals surface area contributed by atoms with E-state index in [0.717, 1.165) is 12.1 Å². The van der Waals surface area contributed by atoms with Gasteiger partial charge in [0.05, 0.1) is 18.7 Å². The number of anilines is 1. The van der Waals surface area contributed by atoms with Gasteiger partial charge in [-0.3, -0.25) is 4.79 Å². The molecule has 104 valence electrons. The number of carbonyl (C=O) groups excluding carboxylic acids is 1. The van der Waals surface area contributed by atoms with Crippen molar-refractivity contribution >= 4 is 11.5 Å². The average Bonchev–Trinajstić information content (AvgIpc) is 2.52. The molecule has 0 aromatic heterocycles. The molecule has 2 aromatic carbocycles. The third-order valence-electron chi connectivity index (χ3n) is 2.88. The summed E-state index contributed by atoms with van der Waals surface area (Å²) in [6.45, 7) is 2.92. The van der Waals surface area contributed by atoms with Gasteiger partial charge in [0, 0.05) is 5.69 Å². The molecule has 0 saturated heterocycles. The Balaban J connectivity index is 2.01. The van der Waals surface area contributed by atoms with Gasteiger partial charge < -0.3 is 10.1 Å². The summed E-state index contributed by atoms with van der Waals surface area (Å²) in [6, 6.07) is 17.1. The number of nitrogens with one attached hydrogen (secondary N) is 1. The third-order valence-corrected chi connectivity index (χ3v) is 2.88. The lowest BCUT2D eigenvalue weighted by Crippen LogP contribution is -2.15. The van der Waals surface area contributed by atoms with Crippen molar-refractivity contribution < 1.29 is 9.53 Å². The van der Waals surface area contributed by atoms with Crippen molar-refractivity contribution in [2.45, 2.75) is 13.3 Å². The van der Waals surface area contributed by atoms with Crippen LogP contribution in [0.1, 0.15) is 23.7 Å². The Kier molecular flexibility index (Phi) is 5.18. The zero-order valence-corrected chi connectivity index (χ0v) is 11.6. The minimum atomic E-state index is 0.0283. The van der Waals surface area contributed by atoms with Gasteiger partial charge in [-0.1, -0.05) is 37.3 Å². The first kappa shape index (κ1) is 14.1. The van der Waals surface area contributed by atoms with E-state index in [1.54, 1.807) is 6.07 Å². The van der Waals surface area contributed by atoms with Crippen molar-refractivity contribution in [3.8, 4) is 5.75 Å². The normalized spacial score (nSPS) is 10.1. The Morgan fingerprint density at radius 1 is 1.05 bits per heavy atom. The van der Waals surface area contributed by atoms with Gasteiger partial charge in [0.1, 0.15) is 5.75 Å². The summed E-state index contributed by atoms with van der Waals surface area (Å²) < 4.78 is 5.61. The van der Waals surface area contributed by atoms with Gasteiger partial charge in [-0.15, -0.1) is 0 Å². The van der Waals surface area contributed by atoms with Crippen LogP contribution in [0.3, 0.4) is 0 Å². The second-order valence-electron chi connectivity index (χ2n) is 4.49. The highest BCUT2D eigenvalue weighted by Crippen LogP contribution is 2.19. The maximum Gasteiger partial charge on any atom is 0.185 e. The lowest BCUT2D eigenvalue weighted by atomic mass is 10.1. The Labute approximate surface area is 119 Å². The molecule has 0 bridgehead atoms. The molecular weight excluding hydrogens is 250 g/mol. The molecule has 3 heteroatoms. The van der Waals surface area contributed by atoms with Crippen LogP contribution in [0.5, 0.6) is 5.75 Å². The van der Waals surface area contributed by atoms with Crippen LogP contribution in [0.25, 0.3) is 0 Å². The summed E-state index contributed by atoms with van der Waals surface area (Å²) in [4.78, 5) is 12.3. The number of ether oxygens (including phenoxy) is 1. The summed E-state index contributed by atoms with van der Waals surface area (Å²) in [5, 5.41) is 3.12. The zero-order chi connectivity index (χ0) is 14.2. The smallest absolute Gasteiger partial charge is 0.185 e. The van der Waals surface area contributed by atoms with Crippen LogP contribution in [0.15, 0.2) is 54.6 Å². The number of hydrogen-bond donors (Lipinski definition) is 1. The Bertz CT molecular complexity index is 552. The molecule has 0 spiro atoms. The molecule has 20 heavy (non-hydrogen) atoms. The fourth-order valence-corrected chi connectivity index (χ4v) is 1.87. The van der Waals surface area contributed by atoms with Gasteiger partial charge in [0.15, 0.2) is 5.78 Å². The molecule has 0 amide bonds. The molecule has 0 radical (unpaired) electrons. The second-order valence-corrected chi connectivity index (χ2v) is 4.49. The SMILES string of the molecule is CCCOc1ccccc1C(=O)CNc1ccccc1. The first-order valence-corrected chi connectivity index (χ1v) is 6.85. The Morgan fingerprint density at radius 3 is 2.50 bits per heavy atom. The molecule has 3 nitrogen and oxygen atoms in total. The average molecular weight is 269 g/mol. The van der Waals surface area contributed by atoms with Crippen LogP contribution in [0.4, 0.5) is 5.69 Å². The highest BCUT2D eigenvalue weighted by Gasteiger charge is 2.11. The standard InChI is InChI=1S/C17H19NO2/c1-2-12-20-17-11-7-6-10-15(17)16(19)13-18-14-8-4-3-5-9-14/h3-11,18H,2,12-13H2,1H3. The third kappa shape index (κ3) is 3.85. The zero-order valence-electron chi connectivity index (χ0n) is 11.6. The highest BCUT2D eigenvalue weighted by molar-refractivity contribution is 6.01. The maximum absolute atomic E-state index is 12.3. The molecule has 0 heterocycles. The van der Waals surface area contributed by atoms with E-state index in [1.807, 2.05) is 55.5 Å². The maximum atomic E-state index is 12.3. The molecule has 0 fully saturated rings. The van der Waals surface area contributed by atoms with Crippen LogP contribution in [-0.4, -0.2) is 18.9 Å².